The fourth-order valence-corrected chi connectivity index (χ4v) is 10.4. The van der Waals surface area contributed by atoms with Gasteiger partial charge in [0.2, 0.25) is 17.7 Å². The Balaban J connectivity index is 1.78. The number of thioether (sulfide) groups is 1. The van der Waals surface area contributed by atoms with Gasteiger partial charge in [0.25, 0.3) is 0 Å². The molecule has 1 aromatic rings. The number of aliphatic hydroxyl groups excluding tert-OH is 1. The van der Waals surface area contributed by atoms with Crippen molar-refractivity contribution in [2.75, 3.05) is 31.1 Å². The van der Waals surface area contributed by atoms with Crippen LogP contribution < -0.4 is 4.90 Å². The number of fused-ring (bicyclic) bond motifs is 1. The van der Waals surface area contributed by atoms with Crippen molar-refractivity contribution in [3.05, 3.63) is 55.6 Å². The van der Waals surface area contributed by atoms with Gasteiger partial charge in [0.15, 0.2) is 0 Å². The first-order chi connectivity index (χ1) is 19.3. The molecule has 3 aliphatic rings. The third-order valence-electron chi connectivity index (χ3n) is 8.66. The zero-order valence-electron chi connectivity index (χ0n) is 23.6. The number of unbranched alkanes of at least 4 members (excludes halogenated alkanes) is 2. The number of amides is 3. The Kier molecular flexibility index (Phi) is 10.2. The summed E-state index contributed by atoms with van der Waals surface area (Å²) in [7, 11) is 0. The zero-order valence-corrected chi connectivity index (χ0v) is 26.0. The SMILES string of the molecule is C=CCN(CCCCC)C(=O)C1N([C@@H](CC)CO)C(=O)[C@@H]2[C@H](C(=O)N(CC=C)c3ccccc3)[C@H]3SC12CC3Br. The van der Waals surface area contributed by atoms with Gasteiger partial charge in [0.05, 0.1) is 29.2 Å². The second kappa shape index (κ2) is 13.3. The fourth-order valence-electron chi connectivity index (χ4n) is 6.85. The average molecular weight is 633 g/mol. The van der Waals surface area contributed by atoms with Gasteiger partial charge in [-0.3, -0.25) is 14.4 Å². The third kappa shape index (κ3) is 5.29. The maximum absolute atomic E-state index is 14.5. The number of hydrogen-bond donors (Lipinski definition) is 1. The molecule has 2 bridgehead atoms. The Hall–Kier alpha value is -2.10. The lowest BCUT2D eigenvalue weighted by molar-refractivity contribution is -0.145. The predicted octanol–water partition coefficient (Wildman–Crippen LogP) is 4.65. The molecule has 4 rings (SSSR count). The standard InChI is InChI=1S/C31H42BrN3O4S/c1-5-9-13-18-33(16-6-2)30(39)27-31-19-23(32)26(40-31)24(25(31)29(38)35(27)21(8-4)20-36)28(37)34(17-7-3)22-14-11-10-12-15-22/h6-7,10-12,14-15,21,23-27,36H,2-3,5,8-9,13,16-20H2,1,4H3/t21-,23?,24-,25-,26-,27?,31?/m0/s1. The lowest BCUT2D eigenvalue weighted by atomic mass is 9.70. The van der Waals surface area contributed by atoms with Crippen LogP contribution in [0.25, 0.3) is 0 Å². The van der Waals surface area contributed by atoms with E-state index >= 15 is 0 Å². The smallest absolute Gasteiger partial charge is 0.247 e. The Morgan fingerprint density at radius 2 is 1.88 bits per heavy atom. The topological polar surface area (TPSA) is 81.2 Å². The van der Waals surface area contributed by atoms with Crippen LogP contribution in [0.4, 0.5) is 5.69 Å². The first kappa shape index (κ1) is 30.8. The molecule has 0 aliphatic carbocycles. The van der Waals surface area contributed by atoms with E-state index in [9.17, 15) is 19.5 Å². The van der Waals surface area contributed by atoms with Crippen molar-refractivity contribution >= 4 is 51.1 Å². The van der Waals surface area contributed by atoms with E-state index in [0.717, 1.165) is 24.9 Å². The van der Waals surface area contributed by atoms with Crippen LogP contribution in [0.15, 0.2) is 55.6 Å². The molecule has 3 heterocycles. The summed E-state index contributed by atoms with van der Waals surface area (Å²) in [5.41, 5.74) is 0.755. The van der Waals surface area contributed by atoms with E-state index in [2.05, 4.69) is 36.0 Å². The molecule has 0 radical (unpaired) electrons. The number of carbonyl (C=O) groups is 3. The van der Waals surface area contributed by atoms with Gasteiger partial charge < -0.3 is 19.8 Å². The zero-order chi connectivity index (χ0) is 29.0. The number of alkyl halides is 1. The van der Waals surface area contributed by atoms with E-state index in [0.29, 0.717) is 32.5 Å². The van der Waals surface area contributed by atoms with Crippen LogP contribution in [-0.4, -0.2) is 85.8 Å². The monoisotopic (exact) mass is 631 g/mol. The average Bonchev–Trinajstić information content (AvgIpc) is 3.55. The number of para-hydroxylation sites is 1. The van der Waals surface area contributed by atoms with Crippen LogP contribution in [0.2, 0.25) is 0 Å². The van der Waals surface area contributed by atoms with Crippen molar-refractivity contribution in [3.8, 4) is 0 Å². The molecule has 7 nitrogen and oxygen atoms in total. The summed E-state index contributed by atoms with van der Waals surface area (Å²) >= 11 is 5.49. The molecule has 0 saturated carbocycles. The molecule has 1 N–H and O–H groups in total. The van der Waals surface area contributed by atoms with E-state index in [1.807, 2.05) is 42.2 Å². The van der Waals surface area contributed by atoms with Gasteiger partial charge in [0.1, 0.15) is 6.04 Å². The van der Waals surface area contributed by atoms with Crippen LogP contribution in [0.3, 0.4) is 0 Å². The van der Waals surface area contributed by atoms with Gasteiger partial charge in [-0.1, -0.05) is 73.0 Å². The number of hydrogen-bond acceptors (Lipinski definition) is 5. The molecular weight excluding hydrogens is 590 g/mol. The number of rotatable bonds is 14. The first-order valence-electron chi connectivity index (χ1n) is 14.4. The Labute approximate surface area is 251 Å². The van der Waals surface area contributed by atoms with Gasteiger partial charge in [-0.25, -0.2) is 0 Å². The van der Waals surface area contributed by atoms with E-state index < -0.39 is 28.7 Å². The molecule has 9 heteroatoms. The van der Waals surface area contributed by atoms with Crippen molar-refractivity contribution in [1.82, 2.24) is 9.80 Å². The summed E-state index contributed by atoms with van der Waals surface area (Å²) in [6.07, 6.45) is 7.47. The van der Waals surface area contributed by atoms with Crippen LogP contribution in [0.5, 0.6) is 0 Å². The second-order valence-corrected chi connectivity index (χ2v) is 13.7. The van der Waals surface area contributed by atoms with Crippen LogP contribution in [0.1, 0.15) is 46.0 Å². The highest BCUT2D eigenvalue weighted by molar-refractivity contribution is 9.09. The highest BCUT2D eigenvalue weighted by atomic mass is 79.9. The number of benzene rings is 1. The molecule has 0 aromatic heterocycles. The highest BCUT2D eigenvalue weighted by Gasteiger charge is 2.76. The molecule has 1 aromatic carbocycles. The minimum absolute atomic E-state index is 0.0192. The van der Waals surface area contributed by atoms with Gasteiger partial charge in [0, 0.05) is 35.4 Å². The van der Waals surface area contributed by atoms with Gasteiger partial charge >= 0.3 is 0 Å². The van der Waals surface area contributed by atoms with Gasteiger partial charge in [-0.05, 0) is 31.4 Å². The maximum Gasteiger partial charge on any atom is 0.247 e. The fraction of sp³-hybridized carbons (Fsp3) is 0.581. The Morgan fingerprint density at radius 1 is 1.18 bits per heavy atom. The molecule has 1 spiro atoms. The third-order valence-corrected chi connectivity index (χ3v) is 11.9. The first-order valence-corrected chi connectivity index (χ1v) is 16.2. The van der Waals surface area contributed by atoms with E-state index in [1.165, 1.54) is 0 Å². The largest absolute Gasteiger partial charge is 0.394 e. The van der Waals surface area contributed by atoms with Crippen molar-refractivity contribution in [2.24, 2.45) is 11.8 Å². The summed E-state index contributed by atoms with van der Waals surface area (Å²) in [4.78, 5) is 48.4. The molecule has 3 amide bonds. The Bertz CT molecular complexity index is 1100. The molecule has 40 heavy (non-hydrogen) atoms. The summed E-state index contributed by atoms with van der Waals surface area (Å²) in [6, 6.07) is 8.22. The van der Waals surface area contributed by atoms with Gasteiger partial charge in [-0.15, -0.1) is 24.9 Å². The van der Waals surface area contributed by atoms with E-state index in [1.54, 1.807) is 33.7 Å². The summed E-state index contributed by atoms with van der Waals surface area (Å²) in [6.45, 7) is 12.9. The van der Waals surface area contributed by atoms with Gasteiger partial charge in [-0.2, -0.15) is 0 Å². The van der Waals surface area contributed by atoms with Crippen LogP contribution >= 0.6 is 27.7 Å². The lowest BCUT2D eigenvalue weighted by Gasteiger charge is -2.40. The van der Waals surface area contributed by atoms with Crippen molar-refractivity contribution in [1.29, 1.82) is 0 Å². The van der Waals surface area contributed by atoms with Crippen molar-refractivity contribution < 1.29 is 19.5 Å². The second-order valence-electron chi connectivity index (χ2n) is 11.0. The quantitative estimate of drug-likeness (QED) is 0.184. The maximum atomic E-state index is 14.5. The normalized spacial score (nSPS) is 29.2. The molecule has 3 unspecified atom stereocenters. The number of nitrogens with zero attached hydrogens (tertiary/aromatic N) is 3. The molecule has 3 aliphatic heterocycles. The summed E-state index contributed by atoms with van der Waals surface area (Å²) < 4.78 is -0.753. The van der Waals surface area contributed by atoms with Crippen molar-refractivity contribution in [2.45, 2.75) is 72.9 Å². The minimum Gasteiger partial charge on any atom is -0.394 e. The molecular formula is C31H42BrN3O4S. The van der Waals surface area contributed by atoms with Crippen LogP contribution in [0, 0.1) is 11.8 Å². The van der Waals surface area contributed by atoms with Crippen molar-refractivity contribution in [3.63, 3.8) is 0 Å². The van der Waals surface area contributed by atoms with E-state index in [4.69, 9.17) is 0 Å². The number of halogens is 1. The lowest BCUT2D eigenvalue weighted by Crippen LogP contribution is -2.58. The molecule has 3 fully saturated rings. The number of anilines is 1. The Morgan fingerprint density at radius 3 is 2.48 bits per heavy atom. The summed E-state index contributed by atoms with van der Waals surface area (Å²) in [5.74, 6) is -1.66. The number of carbonyl (C=O) groups excluding carboxylic acids is 3. The van der Waals surface area contributed by atoms with E-state index in [-0.39, 0.29) is 34.4 Å². The predicted molar refractivity (Wildman–Crippen MR) is 166 cm³/mol. The van der Waals surface area contributed by atoms with Crippen LogP contribution in [-0.2, 0) is 14.4 Å². The summed E-state index contributed by atoms with van der Waals surface area (Å²) in [5, 5.41) is 10.2. The number of aliphatic hydroxyl groups is 1. The number of likely N-dealkylation sites (tertiary alicyclic amines) is 1. The highest BCUT2D eigenvalue weighted by Crippen LogP contribution is 2.68. The molecule has 3 saturated heterocycles. The molecule has 7 atom stereocenters. The molecule has 218 valence electrons. The minimum atomic E-state index is -0.753.